The number of halogens is 1. The highest BCUT2D eigenvalue weighted by atomic mass is 35.5. The van der Waals surface area contributed by atoms with Gasteiger partial charge in [-0.15, -0.1) is 0 Å². The monoisotopic (exact) mass is 436 g/mol. The van der Waals surface area contributed by atoms with Crippen molar-refractivity contribution >= 4 is 33.0 Å². The Balaban J connectivity index is 2.07. The minimum atomic E-state index is -4.19. The number of nitrogens with zero attached hydrogens (tertiary/aromatic N) is 4. The van der Waals surface area contributed by atoms with Crippen LogP contribution in [0.15, 0.2) is 57.9 Å². The van der Waals surface area contributed by atoms with Crippen molar-refractivity contribution in [3.8, 4) is 0 Å². The molecule has 9 nitrogen and oxygen atoms in total. The van der Waals surface area contributed by atoms with Gasteiger partial charge in [0.2, 0.25) is 5.89 Å². The van der Waals surface area contributed by atoms with Crippen LogP contribution in [-0.4, -0.2) is 23.5 Å². The lowest BCUT2D eigenvalue weighted by atomic mass is 10.2. The van der Waals surface area contributed by atoms with Gasteiger partial charge >= 0.3 is 0 Å². The van der Waals surface area contributed by atoms with Crippen molar-refractivity contribution in [2.45, 2.75) is 31.2 Å². The van der Waals surface area contributed by atoms with Gasteiger partial charge in [0.1, 0.15) is 5.02 Å². The summed E-state index contributed by atoms with van der Waals surface area (Å²) in [5.41, 5.74) is -0.150. The molecule has 3 aromatic rings. The van der Waals surface area contributed by atoms with E-state index in [1.807, 2.05) is 13.8 Å². The van der Waals surface area contributed by atoms with E-state index >= 15 is 0 Å². The van der Waals surface area contributed by atoms with E-state index in [4.69, 9.17) is 16.1 Å². The molecule has 1 heterocycles. The molecule has 152 valence electrons. The molecule has 0 fully saturated rings. The van der Waals surface area contributed by atoms with Crippen LogP contribution in [0.3, 0.4) is 0 Å². The number of hydrogen-bond acceptors (Lipinski definition) is 7. The zero-order valence-corrected chi connectivity index (χ0v) is 17.1. The summed E-state index contributed by atoms with van der Waals surface area (Å²) in [6.45, 7) is 3.53. The lowest BCUT2D eigenvalue weighted by Gasteiger charge is -2.23. The minimum absolute atomic E-state index is 0.0167. The molecule has 0 N–H and O–H groups in total. The molecule has 0 aliphatic carbocycles. The number of nitro benzene ring substituents is 1. The van der Waals surface area contributed by atoms with Crippen molar-refractivity contribution in [3.63, 3.8) is 0 Å². The standard InChI is InChI=1S/C18H17ClN4O5S/c1-12(2)18-20-17(21-28-18)11-22(13-6-4-3-5-7-13)29(26,27)14-8-9-15(19)16(10-14)23(24)25/h3-10,12H,11H2,1-2H3. The van der Waals surface area contributed by atoms with Gasteiger partial charge in [-0.3, -0.25) is 14.4 Å². The smallest absolute Gasteiger partial charge is 0.289 e. The van der Waals surface area contributed by atoms with Crippen LogP contribution in [0.1, 0.15) is 31.5 Å². The third-order valence-corrected chi connectivity index (χ3v) is 6.10. The predicted molar refractivity (Wildman–Crippen MR) is 106 cm³/mol. The van der Waals surface area contributed by atoms with Gasteiger partial charge in [0.15, 0.2) is 5.82 Å². The highest BCUT2D eigenvalue weighted by Crippen LogP contribution is 2.31. The molecule has 0 unspecified atom stereocenters. The summed E-state index contributed by atoms with van der Waals surface area (Å²) in [6.07, 6.45) is 0. The maximum Gasteiger partial charge on any atom is 0.289 e. The number of hydrogen-bond donors (Lipinski definition) is 0. The van der Waals surface area contributed by atoms with E-state index in [1.54, 1.807) is 30.3 Å². The van der Waals surface area contributed by atoms with Crippen LogP contribution in [0.2, 0.25) is 5.02 Å². The average Bonchev–Trinajstić information content (AvgIpc) is 3.16. The molecule has 0 saturated carbocycles. The molecular formula is C18H17ClN4O5S. The van der Waals surface area contributed by atoms with Crippen LogP contribution in [0.25, 0.3) is 0 Å². The molecule has 3 rings (SSSR count). The van der Waals surface area contributed by atoms with Gasteiger partial charge in [0.05, 0.1) is 22.1 Å². The minimum Gasteiger partial charge on any atom is -0.339 e. The fourth-order valence-corrected chi connectivity index (χ4v) is 4.15. The molecule has 0 saturated heterocycles. The molecule has 0 radical (unpaired) electrons. The maximum atomic E-state index is 13.3. The highest BCUT2D eigenvalue weighted by molar-refractivity contribution is 7.92. The Kier molecular flexibility index (Phi) is 5.85. The molecule has 1 aromatic heterocycles. The van der Waals surface area contributed by atoms with Crippen molar-refractivity contribution in [1.82, 2.24) is 10.1 Å². The molecular weight excluding hydrogens is 420 g/mol. The topological polar surface area (TPSA) is 119 Å². The zero-order chi connectivity index (χ0) is 21.2. The number of para-hydroxylation sites is 1. The Labute approximate surface area is 172 Å². The van der Waals surface area contributed by atoms with Gasteiger partial charge in [-0.05, 0) is 24.3 Å². The van der Waals surface area contributed by atoms with Crippen LogP contribution in [-0.2, 0) is 16.6 Å². The van der Waals surface area contributed by atoms with Gasteiger partial charge in [-0.2, -0.15) is 4.98 Å². The van der Waals surface area contributed by atoms with Crippen molar-refractivity contribution < 1.29 is 17.9 Å². The molecule has 0 aliphatic rings. The molecule has 0 aliphatic heterocycles. The van der Waals surface area contributed by atoms with Gasteiger partial charge in [0, 0.05) is 12.0 Å². The molecule has 2 aromatic carbocycles. The van der Waals surface area contributed by atoms with E-state index in [-0.39, 0.29) is 28.2 Å². The van der Waals surface area contributed by atoms with Crippen LogP contribution >= 0.6 is 11.6 Å². The molecule has 11 heteroatoms. The first-order chi connectivity index (χ1) is 13.7. The van der Waals surface area contributed by atoms with Crippen molar-refractivity contribution in [3.05, 3.63) is 75.4 Å². The van der Waals surface area contributed by atoms with Gasteiger partial charge in [0.25, 0.3) is 15.7 Å². The predicted octanol–water partition coefficient (Wildman–Crippen LogP) is 4.15. The summed E-state index contributed by atoms with van der Waals surface area (Å²) in [6, 6.07) is 11.6. The zero-order valence-electron chi connectivity index (χ0n) is 15.5. The van der Waals surface area contributed by atoms with Gasteiger partial charge in [-0.25, -0.2) is 8.42 Å². The lowest BCUT2D eigenvalue weighted by molar-refractivity contribution is -0.384. The second kappa shape index (κ2) is 8.18. The third-order valence-electron chi connectivity index (χ3n) is 4.01. The fourth-order valence-electron chi connectivity index (χ4n) is 2.52. The second-order valence-corrected chi connectivity index (χ2v) is 8.69. The number of aromatic nitrogens is 2. The first-order valence-corrected chi connectivity index (χ1v) is 10.4. The number of benzene rings is 2. The van der Waals surface area contributed by atoms with Crippen LogP contribution < -0.4 is 4.31 Å². The van der Waals surface area contributed by atoms with Gasteiger partial charge < -0.3 is 4.52 Å². The van der Waals surface area contributed by atoms with Crippen molar-refractivity contribution in [2.75, 3.05) is 4.31 Å². The lowest BCUT2D eigenvalue weighted by Crippen LogP contribution is -2.31. The van der Waals surface area contributed by atoms with Crippen molar-refractivity contribution in [2.24, 2.45) is 0 Å². The highest BCUT2D eigenvalue weighted by Gasteiger charge is 2.29. The SMILES string of the molecule is CC(C)c1nc(CN(c2ccccc2)S(=O)(=O)c2ccc(Cl)c([N+](=O)[O-])c2)no1. The third kappa shape index (κ3) is 4.38. The summed E-state index contributed by atoms with van der Waals surface area (Å²) in [5.74, 6) is 0.536. The van der Waals surface area contributed by atoms with E-state index in [0.29, 0.717) is 11.6 Å². The molecule has 0 spiro atoms. The van der Waals surface area contributed by atoms with Crippen LogP contribution in [0.5, 0.6) is 0 Å². The molecule has 29 heavy (non-hydrogen) atoms. The Morgan fingerprint density at radius 1 is 1.21 bits per heavy atom. The number of rotatable bonds is 7. The van der Waals surface area contributed by atoms with E-state index in [0.717, 1.165) is 10.4 Å². The van der Waals surface area contributed by atoms with E-state index in [1.165, 1.54) is 12.1 Å². The van der Waals surface area contributed by atoms with E-state index < -0.39 is 20.6 Å². The van der Waals surface area contributed by atoms with E-state index in [2.05, 4.69) is 10.1 Å². The number of nitro groups is 1. The second-order valence-electron chi connectivity index (χ2n) is 6.42. The van der Waals surface area contributed by atoms with Crippen molar-refractivity contribution in [1.29, 1.82) is 0 Å². The Hall–Kier alpha value is -2.98. The maximum absolute atomic E-state index is 13.3. The number of anilines is 1. The van der Waals surface area contributed by atoms with Gasteiger partial charge in [-0.1, -0.05) is 48.8 Å². The molecule has 0 bridgehead atoms. The largest absolute Gasteiger partial charge is 0.339 e. The normalized spacial score (nSPS) is 11.6. The average molecular weight is 437 g/mol. The first kappa shape index (κ1) is 20.7. The Morgan fingerprint density at radius 2 is 1.90 bits per heavy atom. The molecule has 0 amide bonds. The first-order valence-electron chi connectivity index (χ1n) is 8.54. The summed E-state index contributed by atoms with van der Waals surface area (Å²) >= 11 is 5.82. The van der Waals surface area contributed by atoms with Crippen LogP contribution in [0, 0.1) is 10.1 Å². The quantitative estimate of drug-likeness (QED) is 0.403. The van der Waals surface area contributed by atoms with E-state index in [9.17, 15) is 18.5 Å². The summed E-state index contributed by atoms with van der Waals surface area (Å²) in [4.78, 5) is 14.4. The Bertz CT molecular complexity index is 1130. The summed E-state index contributed by atoms with van der Waals surface area (Å²) in [7, 11) is -4.19. The van der Waals surface area contributed by atoms with Crippen LogP contribution in [0.4, 0.5) is 11.4 Å². The molecule has 0 atom stereocenters. The summed E-state index contributed by atoms with van der Waals surface area (Å²) in [5, 5.41) is 14.9. The fraction of sp³-hybridized carbons (Fsp3) is 0.222. The number of sulfonamides is 1. The summed E-state index contributed by atoms with van der Waals surface area (Å²) < 4.78 is 32.9. The Morgan fingerprint density at radius 3 is 2.48 bits per heavy atom.